The molecule has 0 spiro atoms. The zero-order chi connectivity index (χ0) is 20.8. The summed E-state index contributed by atoms with van der Waals surface area (Å²) in [6.45, 7) is 6.34. The maximum absolute atomic E-state index is 12.4. The lowest BCUT2D eigenvalue weighted by Crippen LogP contribution is -2.54. The molecule has 4 rings (SSSR count). The van der Waals surface area contributed by atoms with Gasteiger partial charge in [0, 0.05) is 51.9 Å². The van der Waals surface area contributed by atoms with Crippen molar-refractivity contribution in [2.24, 2.45) is 4.99 Å². The number of nitrogens with zero attached hydrogens (tertiary/aromatic N) is 5. The number of piperazine rings is 1. The third kappa shape index (κ3) is 6.19. The fourth-order valence-electron chi connectivity index (χ4n) is 3.98. The summed E-state index contributed by atoms with van der Waals surface area (Å²) in [4.78, 5) is 27.8. The summed E-state index contributed by atoms with van der Waals surface area (Å²) in [5.74, 6) is 1.74. The maximum Gasteiger partial charge on any atom is 0.236 e. The van der Waals surface area contributed by atoms with E-state index in [-0.39, 0.29) is 29.9 Å². The number of amides is 1. The van der Waals surface area contributed by atoms with Crippen molar-refractivity contribution in [2.45, 2.75) is 19.4 Å². The van der Waals surface area contributed by atoms with Crippen molar-refractivity contribution < 1.29 is 9.21 Å². The molecule has 0 atom stereocenters. The van der Waals surface area contributed by atoms with Gasteiger partial charge in [0.05, 0.1) is 18.8 Å². The molecule has 1 aromatic heterocycles. The number of halogens is 1. The summed E-state index contributed by atoms with van der Waals surface area (Å²) in [7, 11) is 1.80. The Morgan fingerprint density at radius 3 is 2.45 bits per heavy atom. The first-order valence-corrected chi connectivity index (χ1v) is 10.7. The molecule has 0 bridgehead atoms. The van der Waals surface area contributed by atoms with Crippen LogP contribution in [0, 0.1) is 0 Å². The summed E-state index contributed by atoms with van der Waals surface area (Å²) in [5.41, 5.74) is 1.80. The molecule has 0 radical (unpaired) electrons. The van der Waals surface area contributed by atoms with Crippen molar-refractivity contribution in [3.05, 3.63) is 42.3 Å². The van der Waals surface area contributed by atoms with Crippen LogP contribution in [0.5, 0.6) is 0 Å². The minimum absolute atomic E-state index is 0. The van der Waals surface area contributed by atoms with Gasteiger partial charge in [-0.15, -0.1) is 24.0 Å². The topological polar surface area (TPSA) is 77.2 Å². The quantitative estimate of drug-likeness (QED) is 0.358. The van der Waals surface area contributed by atoms with Gasteiger partial charge in [-0.1, -0.05) is 18.2 Å². The molecule has 31 heavy (non-hydrogen) atoms. The normalized spacial score (nSPS) is 17.5. The van der Waals surface area contributed by atoms with Gasteiger partial charge in [-0.3, -0.25) is 14.7 Å². The lowest BCUT2D eigenvalue weighted by atomic mass is 10.2. The molecule has 0 saturated carbocycles. The molecule has 8 nitrogen and oxygen atoms in total. The first kappa shape index (κ1) is 23.5. The SMILES string of the molecule is CN=C(NCc1coc(-c2ccccc2)n1)N1CCN(CC(=O)N2CCCC2)CC1.I. The van der Waals surface area contributed by atoms with Gasteiger partial charge >= 0.3 is 0 Å². The largest absolute Gasteiger partial charge is 0.444 e. The Bertz CT molecular complexity index is 858. The molecule has 2 aliphatic heterocycles. The highest BCUT2D eigenvalue weighted by atomic mass is 127. The smallest absolute Gasteiger partial charge is 0.236 e. The van der Waals surface area contributed by atoms with Gasteiger partial charge in [0.25, 0.3) is 0 Å². The van der Waals surface area contributed by atoms with Crippen LogP contribution < -0.4 is 5.32 Å². The lowest BCUT2D eigenvalue weighted by molar-refractivity contribution is -0.131. The number of aromatic nitrogens is 1. The number of benzene rings is 1. The van der Waals surface area contributed by atoms with Gasteiger partial charge in [0.1, 0.15) is 6.26 Å². The second-order valence-corrected chi connectivity index (χ2v) is 7.76. The van der Waals surface area contributed by atoms with Crippen molar-refractivity contribution in [2.75, 3.05) is 52.9 Å². The van der Waals surface area contributed by atoms with E-state index < -0.39 is 0 Å². The van der Waals surface area contributed by atoms with E-state index in [1.54, 1.807) is 13.3 Å². The second kappa shape index (κ2) is 11.5. The predicted molar refractivity (Wildman–Crippen MR) is 131 cm³/mol. The monoisotopic (exact) mass is 538 g/mol. The molecular weight excluding hydrogens is 507 g/mol. The van der Waals surface area contributed by atoms with Crippen LogP contribution in [0.15, 0.2) is 46.0 Å². The number of hydrogen-bond donors (Lipinski definition) is 1. The maximum atomic E-state index is 12.4. The molecule has 1 aromatic carbocycles. The van der Waals surface area contributed by atoms with Gasteiger partial charge in [0.15, 0.2) is 5.96 Å². The molecule has 9 heteroatoms. The fourth-order valence-corrected chi connectivity index (χ4v) is 3.98. The Morgan fingerprint density at radius 2 is 1.77 bits per heavy atom. The number of guanidine groups is 1. The van der Waals surface area contributed by atoms with Crippen LogP contribution in [0.2, 0.25) is 0 Å². The van der Waals surface area contributed by atoms with E-state index in [0.29, 0.717) is 19.0 Å². The molecule has 1 amide bonds. The molecule has 0 unspecified atom stereocenters. The van der Waals surface area contributed by atoms with Crippen LogP contribution in [-0.2, 0) is 11.3 Å². The van der Waals surface area contributed by atoms with Crippen molar-refractivity contribution in [1.29, 1.82) is 0 Å². The predicted octanol–water partition coefficient (Wildman–Crippen LogP) is 2.28. The second-order valence-electron chi connectivity index (χ2n) is 7.76. The summed E-state index contributed by atoms with van der Waals surface area (Å²) >= 11 is 0. The van der Waals surface area contributed by atoms with E-state index in [4.69, 9.17) is 4.42 Å². The van der Waals surface area contributed by atoms with Gasteiger partial charge in [-0.05, 0) is 25.0 Å². The number of aliphatic imine (C=N–C) groups is 1. The average Bonchev–Trinajstić information content (AvgIpc) is 3.48. The molecule has 3 heterocycles. The number of rotatable bonds is 5. The molecule has 2 aromatic rings. The van der Waals surface area contributed by atoms with Crippen molar-refractivity contribution in [3.8, 4) is 11.5 Å². The number of carbonyl (C=O) groups is 1. The molecule has 2 saturated heterocycles. The standard InChI is InChI=1S/C22H30N6O2.HI/c1-23-22(24-15-19-17-30-21(25-19)18-7-3-2-4-8-18)28-13-11-26(12-14-28)16-20(29)27-9-5-6-10-27;/h2-4,7-8,17H,5-6,9-16H2,1H3,(H,23,24);1H. The number of oxazole rings is 1. The van der Waals surface area contributed by atoms with E-state index in [9.17, 15) is 4.79 Å². The van der Waals surface area contributed by atoms with Gasteiger partial charge < -0.3 is 19.5 Å². The number of likely N-dealkylation sites (tertiary alicyclic amines) is 1. The zero-order valence-electron chi connectivity index (χ0n) is 18.0. The number of nitrogens with one attached hydrogen (secondary N) is 1. The first-order chi connectivity index (χ1) is 14.7. The highest BCUT2D eigenvalue weighted by Gasteiger charge is 2.24. The van der Waals surface area contributed by atoms with Gasteiger partial charge in [0.2, 0.25) is 11.8 Å². The van der Waals surface area contributed by atoms with E-state index in [1.165, 1.54) is 0 Å². The Hall–Kier alpha value is -2.14. The van der Waals surface area contributed by atoms with Gasteiger partial charge in [-0.2, -0.15) is 0 Å². The zero-order valence-corrected chi connectivity index (χ0v) is 20.3. The summed E-state index contributed by atoms with van der Waals surface area (Å²) in [6, 6.07) is 9.88. The van der Waals surface area contributed by atoms with Crippen molar-refractivity contribution in [1.82, 2.24) is 25.0 Å². The van der Waals surface area contributed by atoms with Crippen LogP contribution in [0.1, 0.15) is 18.5 Å². The Labute approximate surface area is 200 Å². The van der Waals surface area contributed by atoms with Crippen LogP contribution >= 0.6 is 24.0 Å². The van der Waals surface area contributed by atoms with Crippen LogP contribution in [0.25, 0.3) is 11.5 Å². The molecule has 1 N–H and O–H groups in total. The summed E-state index contributed by atoms with van der Waals surface area (Å²) < 4.78 is 5.61. The van der Waals surface area contributed by atoms with E-state index >= 15 is 0 Å². The summed E-state index contributed by atoms with van der Waals surface area (Å²) in [6.07, 6.45) is 3.96. The average molecular weight is 538 g/mol. The molecule has 168 valence electrons. The number of hydrogen-bond acceptors (Lipinski definition) is 5. The molecule has 2 fully saturated rings. The van der Waals surface area contributed by atoms with E-state index in [0.717, 1.165) is 69.3 Å². The minimum Gasteiger partial charge on any atom is -0.444 e. The third-order valence-corrected chi connectivity index (χ3v) is 5.70. The van der Waals surface area contributed by atoms with E-state index in [2.05, 4.69) is 25.1 Å². The van der Waals surface area contributed by atoms with Crippen LogP contribution in [0.4, 0.5) is 0 Å². The first-order valence-electron chi connectivity index (χ1n) is 10.7. The number of carbonyl (C=O) groups excluding carboxylic acids is 1. The highest BCUT2D eigenvalue weighted by molar-refractivity contribution is 14.0. The van der Waals surface area contributed by atoms with Crippen LogP contribution in [0.3, 0.4) is 0 Å². The Morgan fingerprint density at radius 1 is 1.06 bits per heavy atom. The summed E-state index contributed by atoms with van der Waals surface area (Å²) in [5, 5.41) is 3.38. The molecule has 2 aliphatic rings. The van der Waals surface area contributed by atoms with Crippen LogP contribution in [-0.4, -0.2) is 84.4 Å². The highest BCUT2D eigenvalue weighted by Crippen LogP contribution is 2.18. The van der Waals surface area contributed by atoms with Gasteiger partial charge in [-0.25, -0.2) is 4.98 Å². The molecule has 0 aliphatic carbocycles. The van der Waals surface area contributed by atoms with Crippen molar-refractivity contribution >= 4 is 35.8 Å². The van der Waals surface area contributed by atoms with Crippen molar-refractivity contribution in [3.63, 3.8) is 0 Å². The Balaban J connectivity index is 0.00000272. The lowest BCUT2D eigenvalue weighted by Gasteiger charge is -2.36. The third-order valence-electron chi connectivity index (χ3n) is 5.70. The minimum atomic E-state index is 0. The molecular formula is C22H31IN6O2. The Kier molecular flexibility index (Phi) is 8.70. The van der Waals surface area contributed by atoms with E-state index in [1.807, 2.05) is 35.2 Å². The fraction of sp³-hybridized carbons (Fsp3) is 0.500.